The van der Waals surface area contributed by atoms with Gasteiger partial charge < -0.3 is 10.2 Å². The Bertz CT molecular complexity index is 1090. The van der Waals surface area contributed by atoms with Crippen LogP contribution in [0.5, 0.6) is 0 Å². The standard InChI is InChI=1S/C23H28FN3O4S/c1-16(2)18-8-10-20(11-9-18)32(30,31)27-13-12-26(17(3)28)15-22(27)23(29)25-14-19-6-4-5-7-21(19)24/h4-11,16,22H,12-15H2,1-3H3,(H,25,29). The number of carbonyl (C=O) groups excluding carboxylic acids is 2. The summed E-state index contributed by atoms with van der Waals surface area (Å²) in [6.07, 6.45) is 0. The third kappa shape index (κ3) is 5.16. The first-order valence-electron chi connectivity index (χ1n) is 10.5. The van der Waals surface area contributed by atoms with Crippen molar-refractivity contribution in [3.8, 4) is 0 Å². The molecule has 1 fully saturated rings. The van der Waals surface area contributed by atoms with E-state index in [9.17, 15) is 22.4 Å². The number of nitrogens with zero attached hydrogens (tertiary/aromatic N) is 2. The third-order valence-corrected chi connectivity index (χ3v) is 7.57. The number of halogens is 1. The Labute approximate surface area is 188 Å². The lowest BCUT2D eigenvalue weighted by molar-refractivity contribution is -0.134. The minimum atomic E-state index is -3.98. The SMILES string of the molecule is CC(=O)N1CCN(S(=O)(=O)c2ccc(C(C)C)cc2)C(C(=O)NCc2ccccc2F)C1. The molecule has 1 heterocycles. The molecule has 2 amide bonds. The topological polar surface area (TPSA) is 86.8 Å². The lowest BCUT2D eigenvalue weighted by Crippen LogP contribution is -2.61. The van der Waals surface area contributed by atoms with Gasteiger partial charge in [-0.25, -0.2) is 12.8 Å². The first-order chi connectivity index (χ1) is 15.1. The van der Waals surface area contributed by atoms with E-state index in [1.165, 1.54) is 30.0 Å². The van der Waals surface area contributed by atoms with Crippen molar-refractivity contribution in [3.05, 3.63) is 65.5 Å². The van der Waals surface area contributed by atoms with Gasteiger partial charge in [-0.05, 0) is 29.7 Å². The number of sulfonamides is 1. The fourth-order valence-corrected chi connectivity index (χ4v) is 5.23. The molecule has 9 heteroatoms. The van der Waals surface area contributed by atoms with E-state index in [2.05, 4.69) is 5.32 Å². The van der Waals surface area contributed by atoms with E-state index in [4.69, 9.17) is 0 Å². The number of rotatable bonds is 6. The predicted molar refractivity (Wildman–Crippen MR) is 119 cm³/mol. The number of carbonyl (C=O) groups is 2. The second-order valence-electron chi connectivity index (χ2n) is 8.13. The van der Waals surface area contributed by atoms with Gasteiger partial charge >= 0.3 is 0 Å². The van der Waals surface area contributed by atoms with Crippen LogP contribution in [0.2, 0.25) is 0 Å². The second kappa shape index (κ2) is 9.79. The van der Waals surface area contributed by atoms with E-state index >= 15 is 0 Å². The molecular formula is C23H28FN3O4S. The van der Waals surface area contributed by atoms with Crippen molar-refractivity contribution in [2.45, 2.75) is 44.2 Å². The van der Waals surface area contributed by atoms with Gasteiger partial charge in [0.1, 0.15) is 11.9 Å². The highest BCUT2D eigenvalue weighted by Gasteiger charge is 2.40. The lowest BCUT2D eigenvalue weighted by atomic mass is 10.0. The molecule has 1 aliphatic heterocycles. The van der Waals surface area contributed by atoms with Crippen LogP contribution in [0.4, 0.5) is 4.39 Å². The molecule has 1 unspecified atom stereocenters. The summed E-state index contributed by atoms with van der Waals surface area (Å²) in [5.74, 6) is -1.03. The van der Waals surface area contributed by atoms with Crippen LogP contribution < -0.4 is 5.32 Å². The molecule has 1 saturated heterocycles. The summed E-state index contributed by atoms with van der Waals surface area (Å²) >= 11 is 0. The van der Waals surface area contributed by atoms with Crippen molar-refractivity contribution in [2.75, 3.05) is 19.6 Å². The smallest absolute Gasteiger partial charge is 0.243 e. The maximum Gasteiger partial charge on any atom is 0.243 e. The molecular weight excluding hydrogens is 433 g/mol. The monoisotopic (exact) mass is 461 g/mol. The van der Waals surface area contributed by atoms with E-state index in [-0.39, 0.29) is 42.9 Å². The van der Waals surface area contributed by atoms with Crippen LogP contribution in [0.1, 0.15) is 37.8 Å². The molecule has 1 N–H and O–H groups in total. The van der Waals surface area contributed by atoms with Crippen molar-refractivity contribution in [1.29, 1.82) is 0 Å². The highest BCUT2D eigenvalue weighted by Crippen LogP contribution is 2.24. The zero-order chi connectivity index (χ0) is 23.5. The van der Waals surface area contributed by atoms with Crippen LogP contribution >= 0.6 is 0 Å². The highest BCUT2D eigenvalue weighted by molar-refractivity contribution is 7.89. The van der Waals surface area contributed by atoms with Crippen LogP contribution in [-0.2, 0) is 26.2 Å². The van der Waals surface area contributed by atoms with Crippen molar-refractivity contribution >= 4 is 21.8 Å². The van der Waals surface area contributed by atoms with E-state index in [1.54, 1.807) is 30.3 Å². The third-order valence-electron chi connectivity index (χ3n) is 5.64. The summed E-state index contributed by atoms with van der Waals surface area (Å²) in [7, 11) is -3.98. The number of amides is 2. The Morgan fingerprint density at radius 2 is 1.75 bits per heavy atom. The van der Waals surface area contributed by atoms with Crippen LogP contribution in [0.25, 0.3) is 0 Å². The number of hydrogen-bond acceptors (Lipinski definition) is 4. The highest BCUT2D eigenvalue weighted by atomic mass is 32.2. The Balaban J connectivity index is 1.85. The minimum Gasteiger partial charge on any atom is -0.350 e. The van der Waals surface area contributed by atoms with E-state index in [0.717, 1.165) is 9.87 Å². The summed E-state index contributed by atoms with van der Waals surface area (Å²) in [6.45, 7) is 5.44. The van der Waals surface area contributed by atoms with Gasteiger partial charge in [0.2, 0.25) is 21.8 Å². The molecule has 172 valence electrons. The van der Waals surface area contributed by atoms with E-state index in [1.807, 2.05) is 13.8 Å². The minimum absolute atomic E-state index is 0.00830. The number of benzene rings is 2. The predicted octanol–water partition coefficient (Wildman–Crippen LogP) is 2.49. The summed E-state index contributed by atoms with van der Waals surface area (Å²) in [6, 6.07) is 11.5. The number of hydrogen-bond donors (Lipinski definition) is 1. The van der Waals surface area contributed by atoms with Gasteiger partial charge in [-0.3, -0.25) is 9.59 Å². The Hall–Kier alpha value is -2.78. The molecule has 0 spiro atoms. The summed E-state index contributed by atoms with van der Waals surface area (Å²) in [5.41, 5.74) is 1.29. The Kier molecular flexibility index (Phi) is 7.30. The molecule has 0 saturated carbocycles. The Morgan fingerprint density at radius 3 is 2.34 bits per heavy atom. The zero-order valence-electron chi connectivity index (χ0n) is 18.4. The van der Waals surface area contributed by atoms with Crippen molar-refractivity contribution in [2.24, 2.45) is 0 Å². The molecule has 0 aliphatic carbocycles. The van der Waals surface area contributed by atoms with Crippen molar-refractivity contribution < 1.29 is 22.4 Å². The van der Waals surface area contributed by atoms with Gasteiger partial charge in [-0.2, -0.15) is 4.31 Å². The molecule has 0 bridgehead atoms. The van der Waals surface area contributed by atoms with Gasteiger partial charge in [-0.15, -0.1) is 0 Å². The average molecular weight is 462 g/mol. The number of piperazine rings is 1. The molecule has 32 heavy (non-hydrogen) atoms. The van der Waals surface area contributed by atoms with Gasteiger partial charge in [0.25, 0.3) is 0 Å². The Morgan fingerprint density at radius 1 is 1.09 bits per heavy atom. The molecule has 2 aromatic rings. The van der Waals surface area contributed by atoms with Gasteiger partial charge in [0.05, 0.1) is 4.90 Å². The fraction of sp³-hybridized carbons (Fsp3) is 0.391. The summed E-state index contributed by atoms with van der Waals surface area (Å²) < 4.78 is 41.8. The van der Waals surface area contributed by atoms with Gasteiger partial charge in [-0.1, -0.05) is 44.2 Å². The maximum absolute atomic E-state index is 13.9. The van der Waals surface area contributed by atoms with E-state index in [0.29, 0.717) is 5.56 Å². The quantitative estimate of drug-likeness (QED) is 0.716. The van der Waals surface area contributed by atoms with Crippen molar-refractivity contribution in [1.82, 2.24) is 14.5 Å². The molecule has 7 nitrogen and oxygen atoms in total. The molecule has 0 radical (unpaired) electrons. The van der Waals surface area contributed by atoms with Gasteiger partial charge in [0, 0.05) is 38.7 Å². The fourth-order valence-electron chi connectivity index (χ4n) is 3.66. The molecule has 3 rings (SSSR count). The maximum atomic E-state index is 13.9. The molecule has 0 aromatic heterocycles. The summed E-state index contributed by atoms with van der Waals surface area (Å²) in [4.78, 5) is 26.4. The molecule has 1 atom stereocenters. The van der Waals surface area contributed by atoms with Gasteiger partial charge in [0.15, 0.2) is 0 Å². The first kappa shape index (κ1) is 23.9. The largest absolute Gasteiger partial charge is 0.350 e. The number of nitrogens with one attached hydrogen (secondary N) is 1. The molecule has 2 aromatic carbocycles. The molecule has 1 aliphatic rings. The van der Waals surface area contributed by atoms with Crippen LogP contribution in [0, 0.1) is 5.82 Å². The van der Waals surface area contributed by atoms with Crippen LogP contribution in [-0.4, -0.2) is 55.1 Å². The van der Waals surface area contributed by atoms with E-state index < -0.39 is 27.8 Å². The zero-order valence-corrected chi connectivity index (χ0v) is 19.2. The van der Waals surface area contributed by atoms with Crippen LogP contribution in [0.3, 0.4) is 0 Å². The average Bonchev–Trinajstić information content (AvgIpc) is 2.77. The van der Waals surface area contributed by atoms with Crippen LogP contribution in [0.15, 0.2) is 53.4 Å². The second-order valence-corrected chi connectivity index (χ2v) is 10.0. The lowest BCUT2D eigenvalue weighted by Gasteiger charge is -2.39. The normalized spacial score (nSPS) is 17.4. The first-order valence-corrected chi connectivity index (χ1v) is 11.9. The van der Waals surface area contributed by atoms with Crippen molar-refractivity contribution in [3.63, 3.8) is 0 Å². The summed E-state index contributed by atoms with van der Waals surface area (Å²) in [5, 5.41) is 2.62.